The second-order valence-electron chi connectivity index (χ2n) is 8.13. The molecule has 158 valence electrons. The summed E-state index contributed by atoms with van der Waals surface area (Å²) >= 11 is 0. The maximum absolute atomic E-state index is 12.8. The van der Waals surface area contributed by atoms with E-state index >= 15 is 0 Å². The molecule has 1 aliphatic heterocycles. The highest BCUT2D eigenvalue weighted by Gasteiger charge is 2.35. The molecule has 0 unspecified atom stereocenters. The quantitative estimate of drug-likeness (QED) is 0.608. The number of amides is 2. The normalized spacial score (nSPS) is 15.8. The number of anilines is 2. The molecule has 5 nitrogen and oxygen atoms in total. The van der Waals surface area contributed by atoms with E-state index in [0.717, 1.165) is 28.1 Å². The number of nitrogens with zero attached hydrogens (tertiary/aromatic N) is 1. The monoisotopic (exact) mass is 414 g/mol. The molecule has 0 aromatic heterocycles. The van der Waals surface area contributed by atoms with E-state index in [-0.39, 0.29) is 24.2 Å². The minimum Gasteiger partial charge on any atom is -0.457 e. The van der Waals surface area contributed by atoms with E-state index in [1.807, 2.05) is 81.4 Å². The molecule has 0 radical (unpaired) electrons. The van der Waals surface area contributed by atoms with Gasteiger partial charge >= 0.3 is 0 Å². The van der Waals surface area contributed by atoms with Crippen LogP contribution in [-0.2, 0) is 9.59 Å². The highest BCUT2D eigenvalue weighted by atomic mass is 16.5. The van der Waals surface area contributed by atoms with Crippen LogP contribution in [-0.4, -0.2) is 18.4 Å². The van der Waals surface area contributed by atoms with Gasteiger partial charge in [0, 0.05) is 24.3 Å². The molecular weight excluding hydrogens is 388 g/mol. The van der Waals surface area contributed by atoms with Crippen molar-refractivity contribution < 1.29 is 14.3 Å². The molecule has 3 aromatic rings. The van der Waals surface area contributed by atoms with Crippen LogP contribution in [0.15, 0.2) is 66.7 Å². The highest BCUT2D eigenvalue weighted by molar-refractivity contribution is 6.03. The first kappa shape index (κ1) is 20.7. The van der Waals surface area contributed by atoms with E-state index in [1.54, 1.807) is 4.90 Å². The van der Waals surface area contributed by atoms with Crippen LogP contribution in [0.3, 0.4) is 0 Å². The first-order valence-corrected chi connectivity index (χ1v) is 10.4. The summed E-state index contributed by atoms with van der Waals surface area (Å²) in [5.41, 5.74) is 4.79. The summed E-state index contributed by atoms with van der Waals surface area (Å²) in [5.74, 6) is 0.954. The van der Waals surface area contributed by atoms with Crippen LogP contribution >= 0.6 is 0 Å². The van der Waals surface area contributed by atoms with Gasteiger partial charge in [-0.05, 0) is 79.9 Å². The molecule has 0 aliphatic carbocycles. The van der Waals surface area contributed by atoms with Gasteiger partial charge in [0.05, 0.1) is 5.92 Å². The first-order chi connectivity index (χ1) is 14.9. The Morgan fingerprint density at radius 1 is 0.968 bits per heavy atom. The summed E-state index contributed by atoms with van der Waals surface area (Å²) in [6.45, 7) is 6.40. The Kier molecular flexibility index (Phi) is 5.76. The highest BCUT2D eigenvalue weighted by Crippen LogP contribution is 2.29. The third kappa shape index (κ3) is 4.77. The Morgan fingerprint density at radius 3 is 2.32 bits per heavy atom. The number of benzene rings is 3. The fraction of sp³-hybridized carbons (Fsp3) is 0.231. The zero-order valence-electron chi connectivity index (χ0n) is 18.0. The van der Waals surface area contributed by atoms with Crippen LogP contribution < -0.4 is 15.0 Å². The van der Waals surface area contributed by atoms with Gasteiger partial charge in [0.15, 0.2) is 0 Å². The molecular formula is C26H26N2O3. The molecule has 1 heterocycles. The van der Waals surface area contributed by atoms with Crippen LogP contribution in [0, 0.1) is 26.7 Å². The summed E-state index contributed by atoms with van der Waals surface area (Å²) < 4.78 is 5.90. The summed E-state index contributed by atoms with van der Waals surface area (Å²) in [6.07, 6.45) is 0.216. The number of carbonyl (C=O) groups excluding carboxylic acids is 2. The van der Waals surface area contributed by atoms with Gasteiger partial charge in [-0.1, -0.05) is 24.3 Å². The number of rotatable bonds is 5. The second-order valence-corrected chi connectivity index (χ2v) is 8.13. The molecule has 5 heteroatoms. The van der Waals surface area contributed by atoms with Crippen molar-refractivity contribution in [2.24, 2.45) is 5.92 Å². The van der Waals surface area contributed by atoms with Crippen molar-refractivity contribution in [3.63, 3.8) is 0 Å². The summed E-state index contributed by atoms with van der Waals surface area (Å²) in [5, 5.41) is 2.93. The maximum atomic E-state index is 12.8. The Morgan fingerprint density at radius 2 is 1.65 bits per heavy atom. The SMILES string of the molecule is Cc1cc(C)cc(N2C[C@H](C(=O)Nc3ccc(Oc4ccccc4C)cc3)CC2=O)c1. The minimum atomic E-state index is -0.379. The van der Waals surface area contributed by atoms with Gasteiger partial charge in [-0.15, -0.1) is 0 Å². The molecule has 3 aromatic carbocycles. The molecule has 0 bridgehead atoms. The van der Waals surface area contributed by atoms with E-state index in [2.05, 4.69) is 11.4 Å². The van der Waals surface area contributed by atoms with Gasteiger partial charge in [0.2, 0.25) is 11.8 Å². The van der Waals surface area contributed by atoms with Gasteiger partial charge in [0.1, 0.15) is 11.5 Å². The minimum absolute atomic E-state index is 0.0212. The van der Waals surface area contributed by atoms with Crippen LogP contribution in [0.5, 0.6) is 11.5 Å². The molecule has 2 amide bonds. The van der Waals surface area contributed by atoms with Crippen molar-refractivity contribution in [2.45, 2.75) is 27.2 Å². The smallest absolute Gasteiger partial charge is 0.229 e. The zero-order chi connectivity index (χ0) is 22.0. The van der Waals surface area contributed by atoms with Gasteiger partial charge in [-0.3, -0.25) is 9.59 Å². The average Bonchev–Trinajstić information content (AvgIpc) is 3.12. The van der Waals surface area contributed by atoms with Crippen molar-refractivity contribution in [2.75, 3.05) is 16.8 Å². The third-order valence-corrected chi connectivity index (χ3v) is 5.46. The fourth-order valence-corrected chi connectivity index (χ4v) is 3.89. The predicted molar refractivity (Wildman–Crippen MR) is 123 cm³/mol. The van der Waals surface area contributed by atoms with Crippen molar-refractivity contribution in [3.05, 3.63) is 83.4 Å². The fourth-order valence-electron chi connectivity index (χ4n) is 3.89. The predicted octanol–water partition coefficient (Wildman–Crippen LogP) is 5.40. The standard InChI is InChI=1S/C26H26N2O3/c1-17-12-18(2)14-22(13-17)28-16-20(15-25(28)29)26(30)27-21-8-10-23(11-9-21)31-24-7-5-4-6-19(24)3/h4-14,20H,15-16H2,1-3H3,(H,27,30)/t20-/m1/s1. The van der Waals surface area contributed by atoms with E-state index < -0.39 is 0 Å². The molecule has 1 N–H and O–H groups in total. The number of nitrogens with one attached hydrogen (secondary N) is 1. The molecule has 0 saturated carbocycles. The summed E-state index contributed by atoms with van der Waals surface area (Å²) in [7, 11) is 0. The molecule has 1 aliphatic rings. The number of hydrogen-bond acceptors (Lipinski definition) is 3. The largest absolute Gasteiger partial charge is 0.457 e. The number of carbonyl (C=O) groups is 2. The molecule has 0 spiro atoms. The molecule has 31 heavy (non-hydrogen) atoms. The number of hydrogen-bond donors (Lipinski definition) is 1. The first-order valence-electron chi connectivity index (χ1n) is 10.4. The molecule has 1 fully saturated rings. The number of ether oxygens (including phenoxy) is 1. The van der Waals surface area contributed by atoms with Gasteiger partial charge in [0.25, 0.3) is 0 Å². The number of para-hydroxylation sites is 1. The Bertz CT molecular complexity index is 1100. The topological polar surface area (TPSA) is 58.6 Å². The lowest BCUT2D eigenvalue weighted by molar-refractivity contribution is -0.122. The van der Waals surface area contributed by atoms with Crippen LogP contribution in [0.4, 0.5) is 11.4 Å². The number of aryl methyl sites for hydroxylation is 3. The summed E-state index contributed by atoms with van der Waals surface area (Å²) in [6, 6.07) is 21.1. The van der Waals surface area contributed by atoms with Crippen molar-refractivity contribution in [1.29, 1.82) is 0 Å². The van der Waals surface area contributed by atoms with Crippen LogP contribution in [0.25, 0.3) is 0 Å². The van der Waals surface area contributed by atoms with Crippen LogP contribution in [0.1, 0.15) is 23.1 Å². The maximum Gasteiger partial charge on any atom is 0.229 e. The molecule has 1 atom stereocenters. The van der Waals surface area contributed by atoms with E-state index in [9.17, 15) is 9.59 Å². The van der Waals surface area contributed by atoms with Crippen molar-refractivity contribution >= 4 is 23.2 Å². The third-order valence-electron chi connectivity index (χ3n) is 5.46. The lowest BCUT2D eigenvalue weighted by atomic mass is 10.1. The lowest BCUT2D eigenvalue weighted by Gasteiger charge is -2.18. The van der Waals surface area contributed by atoms with Gasteiger partial charge < -0.3 is 15.0 Å². The Hall–Kier alpha value is -3.60. The molecule has 1 saturated heterocycles. The zero-order valence-corrected chi connectivity index (χ0v) is 18.0. The molecule has 4 rings (SSSR count). The Labute approximate surface area is 182 Å². The van der Waals surface area contributed by atoms with Gasteiger partial charge in [-0.25, -0.2) is 0 Å². The average molecular weight is 415 g/mol. The van der Waals surface area contributed by atoms with Crippen molar-refractivity contribution in [3.8, 4) is 11.5 Å². The van der Waals surface area contributed by atoms with Crippen LogP contribution in [0.2, 0.25) is 0 Å². The van der Waals surface area contributed by atoms with E-state index in [0.29, 0.717) is 18.0 Å². The summed E-state index contributed by atoms with van der Waals surface area (Å²) in [4.78, 5) is 27.0. The van der Waals surface area contributed by atoms with E-state index in [1.165, 1.54) is 0 Å². The lowest BCUT2D eigenvalue weighted by Crippen LogP contribution is -2.28. The Balaban J connectivity index is 1.39. The van der Waals surface area contributed by atoms with Gasteiger partial charge in [-0.2, -0.15) is 0 Å². The van der Waals surface area contributed by atoms with Crippen molar-refractivity contribution in [1.82, 2.24) is 0 Å². The van der Waals surface area contributed by atoms with E-state index in [4.69, 9.17) is 4.74 Å². The second kappa shape index (κ2) is 8.64.